The average molecular weight is 354 g/mol. The zero-order chi connectivity index (χ0) is 17.8. The van der Waals surface area contributed by atoms with Crippen LogP contribution < -0.4 is 9.84 Å². The molecule has 0 radical (unpaired) electrons. The number of benzene rings is 2. The summed E-state index contributed by atoms with van der Waals surface area (Å²) in [5.74, 6) is 0.232. The van der Waals surface area contributed by atoms with Gasteiger partial charge in [0.2, 0.25) is 0 Å². The van der Waals surface area contributed by atoms with Crippen molar-refractivity contribution >= 4 is 17.7 Å². The molecule has 0 saturated carbocycles. The number of rotatable bonds is 6. The van der Waals surface area contributed by atoms with E-state index in [9.17, 15) is 9.90 Å². The van der Waals surface area contributed by atoms with Gasteiger partial charge in [-0.3, -0.25) is 4.57 Å². The molecule has 0 unspecified atom stereocenters. The van der Waals surface area contributed by atoms with Crippen LogP contribution in [-0.2, 0) is 4.79 Å². The highest BCUT2D eigenvalue weighted by molar-refractivity contribution is 8.00. The van der Waals surface area contributed by atoms with Gasteiger partial charge < -0.3 is 14.6 Å². The maximum Gasteiger partial charge on any atom is 0.196 e. The van der Waals surface area contributed by atoms with E-state index in [1.807, 2.05) is 59.2 Å². The molecule has 7 heteroatoms. The average Bonchev–Trinajstić information content (AvgIpc) is 3.06. The summed E-state index contributed by atoms with van der Waals surface area (Å²) in [4.78, 5) is 11.1. The number of nitrogens with zero attached hydrogens (tertiary/aromatic N) is 3. The summed E-state index contributed by atoms with van der Waals surface area (Å²) >= 11 is 1.10. The first-order valence-corrected chi connectivity index (χ1v) is 8.51. The van der Waals surface area contributed by atoms with Gasteiger partial charge in [-0.1, -0.05) is 30.0 Å². The van der Waals surface area contributed by atoms with Crippen molar-refractivity contribution in [1.29, 1.82) is 0 Å². The molecule has 0 aliphatic carbocycles. The molecular formula is C18H16N3O3S-. The molecule has 1 atom stereocenters. The molecule has 128 valence electrons. The van der Waals surface area contributed by atoms with Crippen LogP contribution in [0.15, 0.2) is 59.8 Å². The molecule has 0 amide bonds. The van der Waals surface area contributed by atoms with Gasteiger partial charge in [0, 0.05) is 16.5 Å². The van der Waals surface area contributed by atoms with Gasteiger partial charge in [0.1, 0.15) is 5.75 Å². The highest BCUT2D eigenvalue weighted by Gasteiger charge is 2.18. The molecule has 3 aromatic rings. The van der Waals surface area contributed by atoms with Gasteiger partial charge >= 0.3 is 0 Å². The lowest BCUT2D eigenvalue weighted by Crippen LogP contribution is -2.31. The number of para-hydroxylation sites is 1. The molecule has 0 spiro atoms. The zero-order valence-corrected chi connectivity index (χ0v) is 14.6. The van der Waals surface area contributed by atoms with Crippen LogP contribution in [-0.4, -0.2) is 33.1 Å². The Morgan fingerprint density at radius 3 is 2.40 bits per heavy atom. The Kier molecular flexibility index (Phi) is 5.04. The van der Waals surface area contributed by atoms with Crippen molar-refractivity contribution < 1.29 is 14.6 Å². The summed E-state index contributed by atoms with van der Waals surface area (Å²) in [6.45, 7) is 1.57. The number of carbonyl (C=O) groups excluding carboxylic acids is 1. The first-order valence-electron chi connectivity index (χ1n) is 7.63. The topological polar surface area (TPSA) is 80.1 Å². The smallest absolute Gasteiger partial charge is 0.196 e. The van der Waals surface area contributed by atoms with E-state index in [4.69, 9.17) is 4.74 Å². The Morgan fingerprint density at radius 1 is 1.12 bits per heavy atom. The third-order valence-electron chi connectivity index (χ3n) is 3.61. The summed E-state index contributed by atoms with van der Waals surface area (Å²) in [6.07, 6.45) is 0. The molecule has 0 bridgehead atoms. The third-order valence-corrected chi connectivity index (χ3v) is 4.63. The minimum atomic E-state index is -1.14. The van der Waals surface area contributed by atoms with Crippen molar-refractivity contribution in [3.8, 4) is 22.8 Å². The summed E-state index contributed by atoms with van der Waals surface area (Å²) in [5.41, 5.74) is 1.71. The second kappa shape index (κ2) is 7.40. The van der Waals surface area contributed by atoms with E-state index in [-0.39, 0.29) is 0 Å². The SMILES string of the molecule is COc1ccc(-c2nnc(S[C@H](C)C(=O)[O-])n2-c2ccccc2)cc1. The fourth-order valence-electron chi connectivity index (χ4n) is 2.29. The minimum absolute atomic E-state index is 0.494. The third kappa shape index (κ3) is 3.66. The molecule has 0 aliphatic heterocycles. The lowest BCUT2D eigenvalue weighted by molar-refractivity contribution is -0.304. The first-order chi connectivity index (χ1) is 12.1. The van der Waals surface area contributed by atoms with E-state index < -0.39 is 11.2 Å². The maximum absolute atomic E-state index is 11.1. The number of hydrogen-bond donors (Lipinski definition) is 0. The summed E-state index contributed by atoms with van der Waals surface area (Å²) < 4.78 is 7.02. The van der Waals surface area contributed by atoms with Gasteiger partial charge in [-0.05, 0) is 43.3 Å². The van der Waals surface area contributed by atoms with Crippen molar-refractivity contribution in [3.63, 3.8) is 0 Å². The lowest BCUT2D eigenvalue weighted by atomic mass is 10.2. The van der Waals surface area contributed by atoms with Crippen LogP contribution in [0.25, 0.3) is 17.1 Å². The number of carboxylic acid groups (broad SMARTS) is 1. The molecular weight excluding hydrogens is 338 g/mol. The molecule has 3 rings (SSSR count). The number of thioether (sulfide) groups is 1. The summed E-state index contributed by atoms with van der Waals surface area (Å²) in [6, 6.07) is 17.0. The number of aromatic nitrogens is 3. The van der Waals surface area contributed by atoms with Crippen molar-refractivity contribution in [2.45, 2.75) is 17.3 Å². The van der Waals surface area contributed by atoms with E-state index in [0.29, 0.717) is 11.0 Å². The van der Waals surface area contributed by atoms with E-state index in [0.717, 1.165) is 28.8 Å². The minimum Gasteiger partial charge on any atom is -0.549 e. The number of carbonyl (C=O) groups is 1. The molecule has 0 aliphatic rings. The molecule has 6 nitrogen and oxygen atoms in total. The maximum atomic E-state index is 11.1. The molecule has 0 N–H and O–H groups in total. The van der Waals surface area contributed by atoms with Crippen LogP contribution in [0.4, 0.5) is 0 Å². The predicted octanol–water partition coefficient (Wildman–Crippen LogP) is 2.17. The normalized spacial score (nSPS) is 11.9. The molecule has 1 heterocycles. The van der Waals surface area contributed by atoms with Gasteiger partial charge in [-0.25, -0.2) is 0 Å². The summed E-state index contributed by atoms with van der Waals surface area (Å²) in [7, 11) is 1.61. The van der Waals surface area contributed by atoms with Crippen LogP contribution >= 0.6 is 11.8 Å². The Labute approximate surface area is 149 Å². The monoisotopic (exact) mass is 354 g/mol. The van der Waals surface area contributed by atoms with Crippen LogP contribution in [0.5, 0.6) is 5.75 Å². The van der Waals surface area contributed by atoms with E-state index in [1.54, 1.807) is 14.0 Å². The predicted molar refractivity (Wildman–Crippen MR) is 93.7 cm³/mol. The van der Waals surface area contributed by atoms with Gasteiger partial charge in [-0.15, -0.1) is 10.2 Å². The Balaban J connectivity index is 2.08. The standard InChI is InChI=1S/C18H17N3O3S/c1-12(17(22)23)25-18-20-19-16(13-8-10-15(24-2)11-9-13)21(18)14-6-4-3-5-7-14/h3-12H,1-2H3,(H,22,23)/p-1/t12-/m1/s1. The largest absolute Gasteiger partial charge is 0.549 e. The van der Waals surface area contributed by atoms with Gasteiger partial charge in [0.05, 0.1) is 13.1 Å². The number of carboxylic acids is 1. The van der Waals surface area contributed by atoms with E-state index in [2.05, 4.69) is 10.2 Å². The van der Waals surface area contributed by atoms with Crippen molar-refractivity contribution in [3.05, 3.63) is 54.6 Å². The number of methoxy groups -OCH3 is 1. The molecule has 1 aromatic heterocycles. The Bertz CT molecular complexity index is 863. The quantitative estimate of drug-likeness (QED) is 0.631. The second-order valence-corrected chi connectivity index (χ2v) is 6.59. The molecule has 25 heavy (non-hydrogen) atoms. The highest BCUT2D eigenvalue weighted by atomic mass is 32.2. The van der Waals surface area contributed by atoms with Crippen LogP contribution in [0.2, 0.25) is 0 Å². The fourth-order valence-corrected chi connectivity index (χ4v) is 3.09. The molecule has 0 saturated heterocycles. The number of ether oxygens (including phenoxy) is 1. The number of aliphatic carboxylic acids is 1. The number of hydrogen-bond acceptors (Lipinski definition) is 6. The van der Waals surface area contributed by atoms with Crippen LogP contribution in [0.1, 0.15) is 6.92 Å². The van der Waals surface area contributed by atoms with Crippen LogP contribution in [0, 0.1) is 0 Å². The zero-order valence-electron chi connectivity index (χ0n) is 13.7. The summed E-state index contributed by atoms with van der Waals surface area (Å²) in [5, 5.41) is 19.3. The lowest BCUT2D eigenvalue weighted by Gasteiger charge is -2.14. The second-order valence-electron chi connectivity index (χ2n) is 5.28. The Hall–Kier alpha value is -2.80. The first kappa shape index (κ1) is 17.0. The molecule has 0 fully saturated rings. The van der Waals surface area contributed by atoms with Crippen LogP contribution in [0.3, 0.4) is 0 Å². The highest BCUT2D eigenvalue weighted by Crippen LogP contribution is 2.30. The van der Waals surface area contributed by atoms with Gasteiger partial charge in [-0.2, -0.15) is 0 Å². The van der Waals surface area contributed by atoms with E-state index in [1.165, 1.54) is 0 Å². The van der Waals surface area contributed by atoms with E-state index >= 15 is 0 Å². The van der Waals surface area contributed by atoms with Gasteiger partial charge in [0.15, 0.2) is 11.0 Å². The molecule has 2 aromatic carbocycles. The van der Waals surface area contributed by atoms with Crippen molar-refractivity contribution in [2.75, 3.05) is 7.11 Å². The van der Waals surface area contributed by atoms with Gasteiger partial charge in [0.25, 0.3) is 0 Å². The van der Waals surface area contributed by atoms with Crippen molar-refractivity contribution in [2.24, 2.45) is 0 Å². The Morgan fingerprint density at radius 2 is 1.80 bits per heavy atom. The fraction of sp³-hybridized carbons (Fsp3) is 0.167. The van der Waals surface area contributed by atoms with Crippen molar-refractivity contribution in [1.82, 2.24) is 14.8 Å².